The smallest absolute Gasteiger partial charge is 0.267 e. The standard InChI is InChI=1S/C21H29N3O4/c1-3-5-12-24-20(26)17-15-16(7-9-19(25)22-27)6-8-18(17)28-21(24)10-13-23(4-2)14-11-21/h6-9,15,27H,3-5,10-14H2,1-2H3,(H,22,25). The number of carbonyl (C=O) groups excluding carboxylic acids is 2. The molecule has 28 heavy (non-hydrogen) atoms. The van der Waals surface area contributed by atoms with Crippen LogP contribution in [0.5, 0.6) is 5.75 Å². The fourth-order valence-electron chi connectivity index (χ4n) is 3.92. The molecule has 2 aliphatic rings. The lowest BCUT2D eigenvalue weighted by atomic mass is 9.93. The maximum atomic E-state index is 13.4. The van der Waals surface area contributed by atoms with E-state index < -0.39 is 11.6 Å². The van der Waals surface area contributed by atoms with Crippen LogP contribution >= 0.6 is 0 Å². The van der Waals surface area contributed by atoms with Crippen LogP contribution in [-0.4, -0.2) is 58.7 Å². The molecule has 1 fully saturated rings. The predicted octanol–water partition coefficient (Wildman–Crippen LogP) is 2.65. The van der Waals surface area contributed by atoms with Gasteiger partial charge in [0.1, 0.15) is 5.75 Å². The molecule has 3 rings (SSSR count). The van der Waals surface area contributed by atoms with Crippen LogP contribution in [-0.2, 0) is 4.79 Å². The molecule has 2 amide bonds. The van der Waals surface area contributed by atoms with Gasteiger partial charge in [-0.15, -0.1) is 0 Å². The number of amides is 2. The SMILES string of the molecule is CCCCN1C(=O)c2cc(C=CC(=O)NO)ccc2OC12CCN(CC)CC2. The van der Waals surface area contributed by atoms with E-state index in [2.05, 4.69) is 18.7 Å². The molecule has 2 N–H and O–H groups in total. The molecule has 0 aliphatic carbocycles. The van der Waals surface area contributed by atoms with Gasteiger partial charge in [0.2, 0.25) is 0 Å². The van der Waals surface area contributed by atoms with Crippen molar-refractivity contribution in [3.63, 3.8) is 0 Å². The summed E-state index contributed by atoms with van der Waals surface area (Å²) in [5.41, 5.74) is 2.20. The van der Waals surface area contributed by atoms with Crippen molar-refractivity contribution >= 4 is 17.9 Å². The summed E-state index contributed by atoms with van der Waals surface area (Å²) in [7, 11) is 0. The summed E-state index contributed by atoms with van der Waals surface area (Å²) in [6.07, 6.45) is 6.31. The topological polar surface area (TPSA) is 82.1 Å². The largest absolute Gasteiger partial charge is 0.467 e. The Labute approximate surface area is 165 Å². The quantitative estimate of drug-likeness (QED) is 0.446. The Morgan fingerprint density at radius 3 is 2.71 bits per heavy atom. The van der Waals surface area contributed by atoms with E-state index in [-0.39, 0.29) is 5.91 Å². The molecule has 1 aromatic rings. The Balaban J connectivity index is 1.91. The van der Waals surface area contributed by atoms with Crippen LogP contribution in [0, 0.1) is 0 Å². The van der Waals surface area contributed by atoms with E-state index in [9.17, 15) is 9.59 Å². The Morgan fingerprint density at radius 2 is 2.07 bits per heavy atom. The predicted molar refractivity (Wildman–Crippen MR) is 106 cm³/mol. The van der Waals surface area contributed by atoms with E-state index in [4.69, 9.17) is 9.94 Å². The lowest BCUT2D eigenvalue weighted by Crippen LogP contribution is -2.63. The number of hydroxylamine groups is 1. The van der Waals surface area contributed by atoms with Crippen LogP contribution in [0.3, 0.4) is 0 Å². The van der Waals surface area contributed by atoms with Gasteiger partial charge in [-0.25, -0.2) is 5.48 Å². The lowest BCUT2D eigenvalue weighted by molar-refractivity contribution is -0.124. The molecule has 7 heteroatoms. The number of rotatable bonds is 6. The number of hydrogen-bond donors (Lipinski definition) is 2. The number of benzene rings is 1. The number of unbranched alkanes of at least 4 members (excludes halogenated alkanes) is 1. The highest BCUT2D eigenvalue weighted by atomic mass is 16.5. The van der Waals surface area contributed by atoms with Crippen molar-refractivity contribution in [1.82, 2.24) is 15.3 Å². The summed E-state index contributed by atoms with van der Waals surface area (Å²) >= 11 is 0. The van der Waals surface area contributed by atoms with Gasteiger partial charge in [0.15, 0.2) is 5.72 Å². The second-order valence-corrected chi connectivity index (χ2v) is 7.36. The van der Waals surface area contributed by atoms with E-state index >= 15 is 0 Å². The van der Waals surface area contributed by atoms with Gasteiger partial charge >= 0.3 is 0 Å². The molecular formula is C21H29N3O4. The minimum Gasteiger partial charge on any atom is -0.467 e. The van der Waals surface area contributed by atoms with Gasteiger partial charge in [0, 0.05) is 38.6 Å². The Morgan fingerprint density at radius 1 is 1.32 bits per heavy atom. The van der Waals surface area contributed by atoms with Crippen LogP contribution < -0.4 is 10.2 Å². The molecule has 2 aliphatic heterocycles. The molecule has 0 radical (unpaired) electrons. The molecular weight excluding hydrogens is 358 g/mol. The van der Waals surface area contributed by atoms with Crippen LogP contribution in [0.2, 0.25) is 0 Å². The van der Waals surface area contributed by atoms with E-state index in [1.54, 1.807) is 23.7 Å². The van der Waals surface area contributed by atoms with Crippen LogP contribution in [0.1, 0.15) is 55.5 Å². The number of carbonyl (C=O) groups is 2. The van der Waals surface area contributed by atoms with Crippen molar-refractivity contribution in [2.75, 3.05) is 26.2 Å². The van der Waals surface area contributed by atoms with Crippen LogP contribution in [0.15, 0.2) is 24.3 Å². The van der Waals surface area contributed by atoms with Crippen LogP contribution in [0.25, 0.3) is 6.08 Å². The van der Waals surface area contributed by atoms with Gasteiger partial charge in [0.05, 0.1) is 5.56 Å². The maximum absolute atomic E-state index is 13.4. The molecule has 0 saturated carbocycles. The molecule has 0 aromatic heterocycles. The van der Waals surface area contributed by atoms with Gasteiger partial charge in [-0.05, 0) is 36.7 Å². The second kappa shape index (κ2) is 8.75. The van der Waals surface area contributed by atoms with Crippen LogP contribution in [0.4, 0.5) is 0 Å². The first-order valence-corrected chi connectivity index (χ1v) is 10.0. The molecule has 0 unspecified atom stereocenters. The zero-order valence-corrected chi connectivity index (χ0v) is 16.6. The third-order valence-corrected chi connectivity index (χ3v) is 5.63. The highest BCUT2D eigenvalue weighted by Crippen LogP contribution is 2.40. The maximum Gasteiger partial charge on any atom is 0.267 e. The van der Waals surface area contributed by atoms with Gasteiger partial charge in [-0.2, -0.15) is 0 Å². The van der Waals surface area contributed by atoms with Crippen molar-refractivity contribution in [2.45, 2.75) is 45.3 Å². The number of nitrogens with zero attached hydrogens (tertiary/aromatic N) is 2. The fourth-order valence-corrected chi connectivity index (χ4v) is 3.92. The first-order chi connectivity index (χ1) is 13.5. The molecule has 1 spiro atoms. The van der Waals surface area contributed by atoms with Gasteiger partial charge in [-0.1, -0.05) is 26.3 Å². The molecule has 0 atom stereocenters. The average Bonchev–Trinajstić information content (AvgIpc) is 2.72. The number of nitrogens with one attached hydrogen (secondary N) is 1. The summed E-state index contributed by atoms with van der Waals surface area (Å²) in [5, 5.41) is 8.61. The summed E-state index contributed by atoms with van der Waals surface area (Å²) in [6.45, 7) is 7.78. The van der Waals surface area contributed by atoms with E-state index in [0.717, 1.165) is 45.3 Å². The van der Waals surface area contributed by atoms with Crippen molar-refractivity contribution in [3.05, 3.63) is 35.4 Å². The number of fused-ring (bicyclic) bond motifs is 1. The zero-order valence-electron chi connectivity index (χ0n) is 16.6. The first kappa shape index (κ1) is 20.4. The number of piperidine rings is 1. The average molecular weight is 387 g/mol. The van der Waals surface area contributed by atoms with Crippen molar-refractivity contribution in [3.8, 4) is 5.75 Å². The monoisotopic (exact) mass is 387 g/mol. The Hall–Kier alpha value is -2.38. The molecule has 1 saturated heterocycles. The minimum absolute atomic E-state index is 0.0125. The Kier molecular flexibility index (Phi) is 6.36. The Bertz CT molecular complexity index is 754. The van der Waals surface area contributed by atoms with Crippen molar-refractivity contribution in [1.29, 1.82) is 0 Å². The summed E-state index contributed by atoms with van der Waals surface area (Å²) in [5.74, 6) is -0.0283. The van der Waals surface area contributed by atoms with Gasteiger partial charge in [0.25, 0.3) is 11.8 Å². The van der Waals surface area contributed by atoms with E-state index in [0.29, 0.717) is 23.4 Å². The highest BCUT2D eigenvalue weighted by Gasteiger charge is 2.48. The molecule has 1 aromatic carbocycles. The lowest BCUT2D eigenvalue weighted by Gasteiger charge is -2.51. The normalized spacial score (nSPS) is 19.0. The third-order valence-electron chi connectivity index (χ3n) is 5.63. The summed E-state index contributed by atoms with van der Waals surface area (Å²) in [4.78, 5) is 28.9. The van der Waals surface area contributed by atoms with Crippen molar-refractivity contribution in [2.24, 2.45) is 0 Å². The highest BCUT2D eigenvalue weighted by molar-refractivity contribution is 5.99. The summed E-state index contributed by atoms with van der Waals surface area (Å²) in [6, 6.07) is 5.35. The van der Waals surface area contributed by atoms with E-state index in [1.165, 1.54) is 6.08 Å². The summed E-state index contributed by atoms with van der Waals surface area (Å²) < 4.78 is 6.47. The molecule has 0 bridgehead atoms. The molecule has 152 valence electrons. The molecule has 7 nitrogen and oxygen atoms in total. The number of hydrogen-bond acceptors (Lipinski definition) is 5. The second-order valence-electron chi connectivity index (χ2n) is 7.36. The van der Waals surface area contributed by atoms with Gasteiger partial charge < -0.3 is 14.5 Å². The third kappa shape index (κ3) is 4.05. The van der Waals surface area contributed by atoms with Crippen molar-refractivity contribution < 1.29 is 19.5 Å². The fraction of sp³-hybridized carbons (Fsp3) is 0.524. The minimum atomic E-state index is -0.619. The number of ether oxygens (including phenoxy) is 1. The zero-order chi connectivity index (χ0) is 20.1. The molecule has 2 heterocycles. The van der Waals surface area contributed by atoms with Gasteiger partial charge in [-0.3, -0.25) is 14.8 Å². The first-order valence-electron chi connectivity index (χ1n) is 10.0. The van der Waals surface area contributed by atoms with E-state index in [1.807, 2.05) is 11.0 Å². The number of likely N-dealkylation sites (tertiary alicyclic amines) is 1.